The Morgan fingerprint density at radius 1 is 1.36 bits per heavy atom. The van der Waals surface area contributed by atoms with E-state index in [2.05, 4.69) is 0 Å². The first kappa shape index (κ1) is 11.8. The van der Waals surface area contributed by atoms with Crippen LogP contribution in [-0.2, 0) is 6.42 Å². The molecule has 0 unspecified atom stereocenters. The Labute approximate surface area is 92.8 Å². The minimum Gasteiger partial charge on any atom is -0.330 e. The van der Waals surface area contributed by atoms with Crippen LogP contribution in [0, 0.1) is 5.82 Å². The number of benzene rings is 1. The van der Waals surface area contributed by atoms with Crippen LogP contribution in [0.2, 0.25) is 5.02 Å². The molecule has 0 heterocycles. The second kappa shape index (κ2) is 6.27. The molecule has 1 rings (SSSR count). The first-order valence-electron chi connectivity index (χ1n) is 4.46. The van der Waals surface area contributed by atoms with E-state index in [0.29, 0.717) is 23.6 Å². The molecule has 78 valence electrons. The van der Waals surface area contributed by atoms with Crippen LogP contribution in [0.5, 0.6) is 0 Å². The van der Waals surface area contributed by atoms with Crippen LogP contribution in [0.25, 0.3) is 0 Å². The maximum absolute atomic E-state index is 13.2. The molecule has 0 aliphatic carbocycles. The number of hydrogen-bond acceptors (Lipinski definition) is 2. The molecule has 0 amide bonds. The van der Waals surface area contributed by atoms with E-state index in [1.807, 2.05) is 0 Å². The van der Waals surface area contributed by atoms with E-state index in [0.717, 1.165) is 11.5 Å². The molecule has 0 aliphatic heterocycles. The highest BCUT2D eigenvalue weighted by molar-refractivity contribution is 7.99. The van der Waals surface area contributed by atoms with Gasteiger partial charge in [-0.25, -0.2) is 4.39 Å². The van der Waals surface area contributed by atoms with Gasteiger partial charge in [0.1, 0.15) is 5.82 Å². The van der Waals surface area contributed by atoms with Gasteiger partial charge in [-0.3, -0.25) is 0 Å². The van der Waals surface area contributed by atoms with Crippen molar-refractivity contribution >= 4 is 23.4 Å². The smallest absolute Gasteiger partial charge is 0.127 e. The van der Waals surface area contributed by atoms with Crippen LogP contribution < -0.4 is 5.73 Å². The number of rotatable bonds is 5. The van der Waals surface area contributed by atoms with E-state index < -0.39 is 0 Å². The Hall–Kier alpha value is -0.250. The Bertz CT molecular complexity index is 273. The third-order valence-electron chi connectivity index (χ3n) is 1.82. The summed E-state index contributed by atoms with van der Waals surface area (Å²) in [6.07, 6.45) is 0.663. The molecular weight excluding hydrogens is 221 g/mol. The quantitative estimate of drug-likeness (QED) is 0.792. The van der Waals surface area contributed by atoms with Crippen LogP contribution in [0.4, 0.5) is 4.39 Å². The number of hydrogen-bond donors (Lipinski definition) is 1. The van der Waals surface area contributed by atoms with Crippen molar-refractivity contribution in [2.24, 2.45) is 5.73 Å². The molecule has 0 aromatic heterocycles. The highest BCUT2D eigenvalue weighted by Gasteiger charge is 2.05. The summed E-state index contributed by atoms with van der Waals surface area (Å²) in [5, 5.41) is 0.512. The molecule has 14 heavy (non-hydrogen) atoms. The van der Waals surface area contributed by atoms with Gasteiger partial charge in [0, 0.05) is 22.9 Å². The molecule has 0 saturated heterocycles. The average Bonchev–Trinajstić information content (AvgIpc) is 2.16. The molecule has 0 spiro atoms. The zero-order chi connectivity index (χ0) is 10.4. The number of halogens is 2. The predicted octanol–water partition coefficient (Wildman–Crippen LogP) is 2.71. The van der Waals surface area contributed by atoms with Gasteiger partial charge in [-0.15, -0.1) is 0 Å². The third-order valence-corrected chi connectivity index (χ3v) is 3.19. The lowest BCUT2D eigenvalue weighted by molar-refractivity contribution is 0.613. The topological polar surface area (TPSA) is 26.0 Å². The lowest BCUT2D eigenvalue weighted by Gasteiger charge is -2.04. The van der Waals surface area contributed by atoms with Crippen molar-refractivity contribution < 1.29 is 4.39 Å². The summed E-state index contributed by atoms with van der Waals surface area (Å²) in [7, 11) is 0. The van der Waals surface area contributed by atoms with Crippen LogP contribution in [0.15, 0.2) is 18.2 Å². The van der Waals surface area contributed by atoms with Crippen molar-refractivity contribution in [3.8, 4) is 0 Å². The molecule has 1 aromatic carbocycles. The largest absolute Gasteiger partial charge is 0.330 e. The normalized spacial score (nSPS) is 10.5. The molecule has 1 nitrogen and oxygen atoms in total. The summed E-state index contributed by atoms with van der Waals surface area (Å²) in [5.74, 6) is 1.55. The molecular formula is C10H13ClFNS. The monoisotopic (exact) mass is 233 g/mol. The zero-order valence-corrected chi connectivity index (χ0v) is 9.37. The minimum absolute atomic E-state index is 0.217. The molecule has 0 aliphatic rings. The van der Waals surface area contributed by atoms with Gasteiger partial charge < -0.3 is 5.73 Å². The van der Waals surface area contributed by atoms with Crippen LogP contribution in [-0.4, -0.2) is 18.1 Å². The predicted molar refractivity (Wildman–Crippen MR) is 61.5 cm³/mol. The molecule has 0 fully saturated rings. The molecule has 2 N–H and O–H groups in total. The highest BCUT2D eigenvalue weighted by Crippen LogP contribution is 2.20. The first-order valence-corrected chi connectivity index (χ1v) is 5.99. The van der Waals surface area contributed by atoms with Crippen LogP contribution >= 0.6 is 23.4 Å². The van der Waals surface area contributed by atoms with Gasteiger partial charge in [-0.1, -0.05) is 17.7 Å². The number of thioether (sulfide) groups is 1. The maximum atomic E-state index is 13.2. The third kappa shape index (κ3) is 3.48. The van der Waals surface area contributed by atoms with Crippen molar-refractivity contribution in [1.82, 2.24) is 0 Å². The van der Waals surface area contributed by atoms with Gasteiger partial charge in [0.05, 0.1) is 0 Å². The van der Waals surface area contributed by atoms with E-state index in [4.69, 9.17) is 17.3 Å². The van der Waals surface area contributed by atoms with Crippen molar-refractivity contribution in [3.63, 3.8) is 0 Å². The Morgan fingerprint density at radius 3 is 2.79 bits per heavy atom. The van der Waals surface area contributed by atoms with Gasteiger partial charge in [0.2, 0.25) is 0 Å². The van der Waals surface area contributed by atoms with Crippen molar-refractivity contribution in [3.05, 3.63) is 34.6 Å². The van der Waals surface area contributed by atoms with Gasteiger partial charge in [0.25, 0.3) is 0 Å². The van der Waals surface area contributed by atoms with Crippen molar-refractivity contribution in [1.29, 1.82) is 0 Å². The lowest BCUT2D eigenvalue weighted by Crippen LogP contribution is -2.03. The van der Waals surface area contributed by atoms with E-state index in [1.165, 1.54) is 6.07 Å². The molecule has 1 aromatic rings. The van der Waals surface area contributed by atoms with Gasteiger partial charge in [-0.05, 0) is 24.3 Å². The molecule has 0 atom stereocenters. The summed E-state index contributed by atoms with van der Waals surface area (Å²) in [5.41, 5.74) is 5.96. The lowest BCUT2D eigenvalue weighted by atomic mass is 10.1. The molecule has 0 saturated carbocycles. The van der Waals surface area contributed by atoms with Crippen LogP contribution in [0.3, 0.4) is 0 Å². The van der Waals surface area contributed by atoms with Crippen LogP contribution in [0.1, 0.15) is 5.56 Å². The first-order chi connectivity index (χ1) is 6.75. The molecule has 0 bridgehead atoms. The van der Waals surface area contributed by atoms with E-state index in [1.54, 1.807) is 23.9 Å². The Morgan fingerprint density at radius 2 is 2.14 bits per heavy atom. The van der Waals surface area contributed by atoms with E-state index >= 15 is 0 Å². The summed E-state index contributed by atoms with van der Waals surface area (Å²) >= 11 is 7.58. The van der Waals surface area contributed by atoms with Crippen molar-refractivity contribution in [2.45, 2.75) is 6.42 Å². The van der Waals surface area contributed by atoms with Gasteiger partial charge >= 0.3 is 0 Å². The van der Waals surface area contributed by atoms with Gasteiger partial charge in [0.15, 0.2) is 0 Å². The Kier molecular flexibility index (Phi) is 5.30. The second-order valence-corrected chi connectivity index (χ2v) is 4.48. The summed E-state index contributed by atoms with van der Waals surface area (Å²) < 4.78 is 13.2. The summed E-state index contributed by atoms with van der Waals surface area (Å²) in [4.78, 5) is 0. The summed E-state index contributed by atoms with van der Waals surface area (Å²) in [6, 6.07) is 4.77. The number of nitrogens with two attached hydrogens (primary N) is 1. The van der Waals surface area contributed by atoms with E-state index in [9.17, 15) is 4.39 Å². The van der Waals surface area contributed by atoms with E-state index in [-0.39, 0.29) is 5.82 Å². The van der Waals surface area contributed by atoms with Crippen molar-refractivity contribution in [2.75, 3.05) is 18.1 Å². The SMILES string of the molecule is NCCSCCc1c(F)cccc1Cl. The zero-order valence-electron chi connectivity index (χ0n) is 7.80. The molecule has 0 radical (unpaired) electrons. The highest BCUT2D eigenvalue weighted by atomic mass is 35.5. The fraction of sp³-hybridized carbons (Fsp3) is 0.400. The fourth-order valence-electron chi connectivity index (χ4n) is 1.13. The standard InChI is InChI=1S/C10H13ClFNS/c11-9-2-1-3-10(12)8(9)4-6-14-7-5-13/h1-3H,4-7,13H2. The fourth-order valence-corrected chi connectivity index (χ4v) is 2.11. The van der Waals surface area contributed by atoms with Gasteiger partial charge in [-0.2, -0.15) is 11.8 Å². The average molecular weight is 234 g/mol. The second-order valence-electron chi connectivity index (χ2n) is 2.85. The Balaban J connectivity index is 2.49. The molecule has 4 heteroatoms. The maximum Gasteiger partial charge on any atom is 0.127 e. The minimum atomic E-state index is -0.217. The summed E-state index contributed by atoms with van der Waals surface area (Å²) in [6.45, 7) is 0.662.